The van der Waals surface area contributed by atoms with Crippen molar-refractivity contribution >= 4 is 5.95 Å². The Morgan fingerprint density at radius 1 is 1.15 bits per heavy atom. The highest BCUT2D eigenvalue weighted by molar-refractivity contribution is 5.27. The van der Waals surface area contributed by atoms with Gasteiger partial charge in [0, 0.05) is 12.5 Å². The van der Waals surface area contributed by atoms with Crippen molar-refractivity contribution in [1.82, 2.24) is 14.9 Å². The van der Waals surface area contributed by atoms with Crippen molar-refractivity contribution in [2.75, 3.05) is 18.2 Å². The number of nitrogens with one attached hydrogen (secondary N) is 1. The molecule has 0 spiro atoms. The summed E-state index contributed by atoms with van der Waals surface area (Å²) in [6.07, 6.45) is 7.33. The van der Waals surface area contributed by atoms with Gasteiger partial charge in [0.05, 0.1) is 0 Å². The highest BCUT2D eigenvalue weighted by Gasteiger charge is 2.53. The molecule has 6 heteroatoms. The third-order valence-electron chi connectivity index (χ3n) is 5.66. The summed E-state index contributed by atoms with van der Waals surface area (Å²) in [5, 5.41) is 11.2. The molecule has 0 amide bonds. The molecule has 4 bridgehead atoms. The first kappa shape index (κ1) is 12.2. The van der Waals surface area contributed by atoms with E-state index in [0.717, 1.165) is 41.7 Å². The lowest BCUT2D eigenvalue weighted by molar-refractivity contribution is -0.00849. The van der Waals surface area contributed by atoms with E-state index in [1.807, 2.05) is 0 Å². The van der Waals surface area contributed by atoms with Crippen LogP contribution in [0.1, 0.15) is 44.2 Å². The fraction of sp³-hybridized carbons (Fsp3) is 0.786. The Hall–Kier alpha value is -1.59. The second-order valence-corrected chi connectivity index (χ2v) is 7.00. The lowest BCUT2D eigenvalue weighted by Gasteiger charge is -2.56. The van der Waals surface area contributed by atoms with Gasteiger partial charge in [0.1, 0.15) is 5.69 Å². The molecular weight excluding hydrogens is 254 g/mol. The smallest absolute Gasteiger partial charge is 0.295 e. The van der Waals surface area contributed by atoms with Gasteiger partial charge in [0.25, 0.3) is 5.56 Å². The molecule has 5 rings (SSSR count). The number of nitrogens with two attached hydrogens (primary N) is 1. The Kier molecular flexibility index (Phi) is 2.41. The van der Waals surface area contributed by atoms with E-state index in [9.17, 15) is 4.79 Å². The third kappa shape index (κ3) is 1.53. The minimum absolute atomic E-state index is 0.0494. The molecular formula is C14H21N5O. The van der Waals surface area contributed by atoms with Gasteiger partial charge in [-0.15, -0.1) is 10.2 Å². The molecule has 1 heterocycles. The van der Waals surface area contributed by atoms with E-state index in [2.05, 4.69) is 15.5 Å². The molecule has 0 saturated heterocycles. The lowest BCUT2D eigenvalue weighted by atomic mass is 9.49. The van der Waals surface area contributed by atoms with E-state index in [1.54, 1.807) is 7.05 Å². The molecule has 0 atom stereocenters. The summed E-state index contributed by atoms with van der Waals surface area (Å²) in [6, 6.07) is 0. The van der Waals surface area contributed by atoms with Crippen LogP contribution in [0.2, 0.25) is 0 Å². The van der Waals surface area contributed by atoms with E-state index >= 15 is 0 Å². The summed E-state index contributed by atoms with van der Waals surface area (Å²) < 4.78 is 1.11. The van der Waals surface area contributed by atoms with Crippen LogP contribution in [0, 0.1) is 17.8 Å². The van der Waals surface area contributed by atoms with Gasteiger partial charge in [-0.2, -0.15) is 4.68 Å². The predicted molar refractivity (Wildman–Crippen MR) is 75.8 cm³/mol. The van der Waals surface area contributed by atoms with Gasteiger partial charge in [-0.25, -0.2) is 0 Å². The van der Waals surface area contributed by atoms with Crippen molar-refractivity contribution in [3.63, 3.8) is 0 Å². The van der Waals surface area contributed by atoms with Crippen LogP contribution >= 0.6 is 0 Å². The van der Waals surface area contributed by atoms with Crippen molar-refractivity contribution in [2.45, 2.75) is 43.9 Å². The van der Waals surface area contributed by atoms with Crippen molar-refractivity contribution in [3.05, 3.63) is 16.0 Å². The summed E-state index contributed by atoms with van der Waals surface area (Å²) in [5.41, 5.74) is 0.385. The second-order valence-electron chi connectivity index (χ2n) is 7.00. The maximum absolute atomic E-state index is 12.6. The van der Waals surface area contributed by atoms with Gasteiger partial charge in [-0.1, -0.05) is 0 Å². The third-order valence-corrected chi connectivity index (χ3v) is 5.66. The number of rotatable bonds is 2. The molecule has 0 aliphatic heterocycles. The first-order chi connectivity index (χ1) is 9.61. The summed E-state index contributed by atoms with van der Waals surface area (Å²) in [5.74, 6) is 8.50. The maximum Gasteiger partial charge on any atom is 0.295 e. The fourth-order valence-corrected chi connectivity index (χ4v) is 5.30. The topological polar surface area (TPSA) is 85.8 Å². The van der Waals surface area contributed by atoms with Crippen molar-refractivity contribution in [1.29, 1.82) is 0 Å². The van der Waals surface area contributed by atoms with E-state index in [0.29, 0.717) is 11.6 Å². The molecule has 4 fully saturated rings. The zero-order chi connectivity index (χ0) is 13.9. The maximum atomic E-state index is 12.6. The second kappa shape index (κ2) is 3.96. The quantitative estimate of drug-likeness (QED) is 0.782. The predicted octanol–water partition coefficient (Wildman–Crippen LogP) is 0.862. The minimum atomic E-state index is -0.175. The molecule has 1 aromatic rings. The standard InChI is InChI=1S/C14H21N5O/c1-16-13-18-17-11(12(20)19(13)15)14-5-8-2-9(6-14)4-10(3-8)7-14/h8-10H,2-7,15H2,1H3,(H,16,18). The number of hydrogen-bond donors (Lipinski definition) is 2. The van der Waals surface area contributed by atoms with Crippen molar-refractivity contribution in [2.24, 2.45) is 17.8 Å². The van der Waals surface area contributed by atoms with Crippen LogP contribution in [0.15, 0.2) is 4.79 Å². The van der Waals surface area contributed by atoms with Crippen LogP contribution in [0.25, 0.3) is 0 Å². The monoisotopic (exact) mass is 275 g/mol. The Morgan fingerprint density at radius 3 is 2.20 bits per heavy atom. The molecule has 0 aromatic carbocycles. The molecule has 6 nitrogen and oxygen atoms in total. The molecule has 4 aliphatic carbocycles. The van der Waals surface area contributed by atoms with Crippen LogP contribution in [0.5, 0.6) is 0 Å². The summed E-state index contributed by atoms with van der Waals surface area (Å²) in [6.45, 7) is 0. The fourth-order valence-electron chi connectivity index (χ4n) is 5.30. The van der Waals surface area contributed by atoms with E-state index in [1.165, 1.54) is 19.3 Å². The molecule has 0 unspecified atom stereocenters. The summed E-state index contributed by atoms with van der Waals surface area (Å²) >= 11 is 0. The highest BCUT2D eigenvalue weighted by Crippen LogP contribution is 2.59. The molecule has 20 heavy (non-hydrogen) atoms. The van der Waals surface area contributed by atoms with Gasteiger partial charge in [-0.3, -0.25) is 4.79 Å². The molecule has 4 saturated carbocycles. The molecule has 4 aliphatic rings. The molecule has 1 aromatic heterocycles. The number of hydrogen-bond acceptors (Lipinski definition) is 5. The normalized spacial score (nSPS) is 38.1. The summed E-state index contributed by atoms with van der Waals surface area (Å²) in [4.78, 5) is 12.6. The van der Waals surface area contributed by atoms with Gasteiger partial charge >= 0.3 is 0 Å². The largest absolute Gasteiger partial charge is 0.356 e. The minimum Gasteiger partial charge on any atom is -0.356 e. The number of nitrogen functional groups attached to an aromatic ring is 1. The number of anilines is 1. The average Bonchev–Trinajstić information content (AvgIpc) is 2.40. The number of nitrogens with zero attached hydrogens (tertiary/aromatic N) is 3. The summed E-state index contributed by atoms with van der Waals surface area (Å²) in [7, 11) is 1.69. The Labute approximate surface area is 117 Å². The Balaban J connectivity index is 1.81. The van der Waals surface area contributed by atoms with Crippen LogP contribution in [-0.2, 0) is 5.41 Å². The van der Waals surface area contributed by atoms with Crippen LogP contribution in [-0.4, -0.2) is 21.9 Å². The zero-order valence-electron chi connectivity index (χ0n) is 11.8. The first-order valence-corrected chi connectivity index (χ1v) is 7.54. The van der Waals surface area contributed by atoms with Gasteiger partial charge in [0.2, 0.25) is 5.95 Å². The van der Waals surface area contributed by atoms with E-state index in [4.69, 9.17) is 5.84 Å². The van der Waals surface area contributed by atoms with Crippen LogP contribution in [0.3, 0.4) is 0 Å². The van der Waals surface area contributed by atoms with Crippen molar-refractivity contribution < 1.29 is 0 Å². The average molecular weight is 275 g/mol. The van der Waals surface area contributed by atoms with Gasteiger partial charge in [-0.05, 0) is 56.3 Å². The van der Waals surface area contributed by atoms with Gasteiger partial charge < -0.3 is 11.2 Å². The SMILES string of the molecule is CNc1nnc(C23CC4CC(CC(C4)C2)C3)c(=O)n1N. The van der Waals surface area contributed by atoms with Crippen LogP contribution < -0.4 is 16.7 Å². The van der Waals surface area contributed by atoms with E-state index < -0.39 is 0 Å². The van der Waals surface area contributed by atoms with E-state index in [-0.39, 0.29) is 11.0 Å². The van der Waals surface area contributed by atoms with Gasteiger partial charge in [0.15, 0.2) is 0 Å². The van der Waals surface area contributed by atoms with Crippen LogP contribution in [0.4, 0.5) is 5.95 Å². The lowest BCUT2D eigenvalue weighted by Crippen LogP contribution is -2.52. The first-order valence-electron chi connectivity index (χ1n) is 7.54. The molecule has 3 N–H and O–H groups in total. The molecule has 108 valence electrons. The van der Waals surface area contributed by atoms with Crippen molar-refractivity contribution in [3.8, 4) is 0 Å². The Morgan fingerprint density at radius 2 is 1.70 bits per heavy atom. The highest BCUT2D eigenvalue weighted by atomic mass is 16.1. The zero-order valence-corrected chi connectivity index (χ0v) is 11.8. The number of aromatic nitrogens is 3. The molecule has 0 radical (unpaired) electrons. The Bertz CT molecular complexity index is 573.